The minimum atomic E-state index is -1.07. The van der Waals surface area contributed by atoms with Crippen LogP contribution in [0.5, 0.6) is 0 Å². The molecule has 0 aromatic heterocycles. The average Bonchev–Trinajstić information content (AvgIpc) is 2.67. The molecular formula is C20H20N2O6. The van der Waals surface area contributed by atoms with Gasteiger partial charge in [-0.1, -0.05) is 29.8 Å². The number of nitro groups is 1. The second-order valence-electron chi connectivity index (χ2n) is 6.21. The number of nitro benzene ring substituents is 1. The number of esters is 1. The van der Waals surface area contributed by atoms with E-state index in [0.717, 1.165) is 5.56 Å². The van der Waals surface area contributed by atoms with Crippen LogP contribution in [-0.2, 0) is 14.3 Å². The van der Waals surface area contributed by atoms with Crippen LogP contribution in [0.15, 0.2) is 48.5 Å². The first-order valence-electron chi connectivity index (χ1n) is 8.61. The molecule has 2 aromatic carbocycles. The Kier molecular flexibility index (Phi) is 6.97. The fourth-order valence-electron chi connectivity index (χ4n) is 2.32. The lowest BCUT2D eigenvalue weighted by Gasteiger charge is -2.13. The molecule has 28 heavy (non-hydrogen) atoms. The molecule has 0 saturated carbocycles. The van der Waals surface area contributed by atoms with Gasteiger partial charge in [-0.15, -0.1) is 0 Å². The van der Waals surface area contributed by atoms with Gasteiger partial charge in [0, 0.05) is 29.8 Å². The number of amides is 1. The summed E-state index contributed by atoms with van der Waals surface area (Å²) in [5.41, 5.74) is 1.79. The van der Waals surface area contributed by atoms with Crippen LogP contribution in [0.4, 0.5) is 11.4 Å². The van der Waals surface area contributed by atoms with Crippen molar-refractivity contribution in [2.45, 2.75) is 32.8 Å². The minimum Gasteiger partial charge on any atom is -0.453 e. The molecule has 2 aromatic rings. The molecule has 146 valence electrons. The molecule has 1 unspecified atom stereocenters. The number of ketones is 1. The van der Waals surface area contributed by atoms with Gasteiger partial charge in [-0.25, -0.2) is 0 Å². The summed E-state index contributed by atoms with van der Waals surface area (Å²) in [4.78, 5) is 46.1. The lowest BCUT2D eigenvalue weighted by Crippen LogP contribution is -2.30. The molecule has 0 spiro atoms. The van der Waals surface area contributed by atoms with Crippen molar-refractivity contribution in [2.24, 2.45) is 0 Å². The molecule has 1 atom stereocenters. The number of hydrogen-bond acceptors (Lipinski definition) is 6. The monoisotopic (exact) mass is 384 g/mol. The number of nitrogens with one attached hydrogen (secondary N) is 1. The lowest BCUT2D eigenvalue weighted by atomic mass is 10.1. The molecule has 0 aliphatic carbocycles. The summed E-state index contributed by atoms with van der Waals surface area (Å²) >= 11 is 0. The quantitative estimate of drug-likeness (QED) is 0.323. The highest BCUT2D eigenvalue weighted by atomic mass is 16.6. The van der Waals surface area contributed by atoms with Crippen molar-refractivity contribution < 1.29 is 24.0 Å². The Labute approximate surface area is 161 Å². The van der Waals surface area contributed by atoms with E-state index < -0.39 is 22.9 Å². The van der Waals surface area contributed by atoms with Gasteiger partial charge in [-0.2, -0.15) is 0 Å². The lowest BCUT2D eigenvalue weighted by molar-refractivity contribution is -0.384. The zero-order chi connectivity index (χ0) is 20.7. The van der Waals surface area contributed by atoms with E-state index in [-0.39, 0.29) is 24.3 Å². The van der Waals surface area contributed by atoms with Crippen molar-refractivity contribution in [1.82, 2.24) is 0 Å². The van der Waals surface area contributed by atoms with E-state index in [4.69, 9.17) is 4.74 Å². The van der Waals surface area contributed by atoms with Crippen molar-refractivity contribution in [1.29, 1.82) is 0 Å². The number of benzene rings is 2. The molecule has 1 amide bonds. The summed E-state index contributed by atoms with van der Waals surface area (Å²) in [6.07, 6.45) is -1.22. The molecule has 8 heteroatoms. The Morgan fingerprint density at radius 2 is 1.64 bits per heavy atom. The normalized spacial score (nSPS) is 11.4. The summed E-state index contributed by atoms with van der Waals surface area (Å²) in [5.74, 6) is -1.42. The van der Waals surface area contributed by atoms with E-state index in [2.05, 4.69) is 5.32 Å². The van der Waals surface area contributed by atoms with Gasteiger partial charge >= 0.3 is 5.97 Å². The van der Waals surface area contributed by atoms with Gasteiger partial charge in [-0.05, 0) is 26.0 Å². The first-order valence-corrected chi connectivity index (χ1v) is 8.61. The first kappa shape index (κ1) is 20.8. The van der Waals surface area contributed by atoms with Crippen LogP contribution < -0.4 is 5.32 Å². The van der Waals surface area contributed by atoms with E-state index in [1.807, 2.05) is 19.1 Å². The number of nitrogens with zero attached hydrogens (tertiary/aromatic N) is 1. The molecule has 0 bridgehead atoms. The van der Waals surface area contributed by atoms with Gasteiger partial charge in [0.05, 0.1) is 11.3 Å². The number of non-ortho nitro benzene ring substituents is 1. The maximum absolute atomic E-state index is 12.1. The standard InChI is InChI=1S/C20H20N2O6/c1-13-3-5-15(6-4-13)18(23)11-12-19(24)28-14(2)20(25)21-16-7-9-17(10-8-16)22(26)27/h3-10,14H,11-12H2,1-2H3,(H,21,25). The van der Waals surface area contributed by atoms with Crippen molar-refractivity contribution in [3.05, 3.63) is 69.8 Å². The largest absolute Gasteiger partial charge is 0.453 e. The number of rotatable bonds is 8. The van der Waals surface area contributed by atoms with E-state index in [9.17, 15) is 24.5 Å². The van der Waals surface area contributed by atoms with Gasteiger partial charge < -0.3 is 10.1 Å². The zero-order valence-electron chi connectivity index (χ0n) is 15.5. The number of anilines is 1. The highest BCUT2D eigenvalue weighted by molar-refractivity contribution is 5.98. The fourth-order valence-corrected chi connectivity index (χ4v) is 2.32. The predicted octanol–water partition coefficient (Wildman–Crippen LogP) is 3.44. The summed E-state index contributed by atoms with van der Waals surface area (Å²) < 4.78 is 5.04. The van der Waals surface area contributed by atoms with Gasteiger partial charge in [-0.3, -0.25) is 24.5 Å². The second kappa shape index (κ2) is 9.40. The molecule has 0 saturated heterocycles. The smallest absolute Gasteiger partial charge is 0.307 e. The Hall–Kier alpha value is -3.55. The topological polar surface area (TPSA) is 116 Å². The fraction of sp³-hybridized carbons (Fsp3) is 0.250. The molecule has 1 N–H and O–H groups in total. The van der Waals surface area contributed by atoms with Gasteiger partial charge in [0.25, 0.3) is 11.6 Å². The molecule has 0 fully saturated rings. The molecule has 0 aliphatic heterocycles. The minimum absolute atomic E-state index is 0.0153. The molecule has 8 nitrogen and oxygen atoms in total. The number of ether oxygens (including phenoxy) is 1. The number of aryl methyl sites for hydroxylation is 1. The Balaban J connectivity index is 1.80. The molecular weight excluding hydrogens is 364 g/mol. The highest BCUT2D eigenvalue weighted by Gasteiger charge is 2.19. The van der Waals surface area contributed by atoms with E-state index in [0.29, 0.717) is 11.3 Å². The zero-order valence-corrected chi connectivity index (χ0v) is 15.5. The maximum atomic E-state index is 12.1. The molecule has 0 heterocycles. The third kappa shape index (κ3) is 6.01. The second-order valence-corrected chi connectivity index (χ2v) is 6.21. The Morgan fingerprint density at radius 1 is 1.04 bits per heavy atom. The maximum Gasteiger partial charge on any atom is 0.307 e. The SMILES string of the molecule is Cc1ccc(C(=O)CCC(=O)OC(C)C(=O)Nc2ccc([N+](=O)[O-])cc2)cc1. The van der Waals surface area contributed by atoms with E-state index >= 15 is 0 Å². The van der Waals surface area contributed by atoms with Crippen molar-refractivity contribution in [3.63, 3.8) is 0 Å². The highest BCUT2D eigenvalue weighted by Crippen LogP contribution is 2.16. The van der Waals surface area contributed by atoms with Crippen LogP contribution in [-0.4, -0.2) is 28.7 Å². The van der Waals surface area contributed by atoms with E-state index in [1.54, 1.807) is 12.1 Å². The molecule has 0 radical (unpaired) electrons. The third-order valence-electron chi connectivity index (χ3n) is 3.95. The number of carbonyl (C=O) groups is 3. The summed E-state index contributed by atoms with van der Waals surface area (Å²) in [6.45, 7) is 3.31. The molecule has 2 rings (SSSR count). The van der Waals surface area contributed by atoms with Crippen molar-refractivity contribution in [2.75, 3.05) is 5.32 Å². The van der Waals surface area contributed by atoms with Crippen LogP contribution in [0.2, 0.25) is 0 Å². The van der Waals surface area contributed by atoms with Gasteiger partial charge in [0.2, 0.25) is 0 Å². The summed E-state index contributed by atoms with van der Waals surface area (Å²) in [7, 11) is 0. The first-order chi connectivity index (χ1) is 13.3. The van der Waals surface area contributed by atoms with Crippen LogP contribution in [0.3, 0.4) is 0 Å². The Morgan fingerprint density at radius 3 is 2.21 bits per heavy atom. The number of hydrogen-bond donors (Lipinski definition) is 1. The third-order valence-corrected chi connectivity index (χ3v) is 3.95. The van der Waals surface area contributed by atoms with Crippen LogP contribution in [0, 0.1) is 17.0 Å². The van der Waals surface area contributed by atoms with Crippen LogP contribution in [0.1, 0.15) is 35.7 Å². The average molecular weight is 384 g/mol. The Bertz CT molecular complexity index is 875. The summed E-state index contributed by atoms with van der Waals surface area (Å²) in [6, 6.07) is 12.3. The van der Waals surface area contributed by atoms with Gasteiger partial charge in [0.15, 0.2) is 11.9 Å². The van der Waals surface area contributed by atoms with Crippen molar-refractivity contribution >= 4 is 29.0 Å². The predicted molar refractivity (Wildman–Crippen MR) is 102 cm³/mol. The summed E-state index contributed by atoms with van der Waals surface area (Å²) in [5, 5.41) is 13.1. The van der Waals surface area contributed by atoms with Crippen LogP contribution in [0.25, 0.3) is 0 Å². The van der Waals surface area contributed by atoms with Gasteiger partial charge in [0.1, 0.15) is 0 Å². The number of Topliss-reactive ketones (excluding diaryl/α,β-unsaturated/α-hetero) is 1. The van der Waals surface area contributed by atoms with Crippen LogP contribution >= 0.6 is 0 Å². The van der Waals surface area contributed by atoms with Crippen molar-refractivity contribution in [3.8, 4) is 0 Å². The number of carbonyl (C=O) groups excluding carboxylic acids is 3. The molecule has 0 aliphatic rings. The van der Waals surface area contributed by atoms with E-state index in [1.165, 1.54) is 31.2 Å².